The highest BCUT2D eigenvalue weighted by Gasteiger charge is 2.09. The van der Waals surface area contributed by atoms with Gasteiger partial charge in [-0.3, -0.25) is 5.43 Å². The molecular formula is C19H26N4S. The summed E-state index contributed by atoms with van der Waals surface area (Å²) in [6.07, 6.45) is 4.06. The second-order valence-electron chi connectivity index (χ2n) is 5.98. The van der Waals surface area contributed by atoms with Gasteiger partial charge in [0.25, 0.3) is 0 Å². The van der Waals surface area contributed by atoms with Crippen LogP contribution in [-0.2, 0) is 0 Å². The number of hydrogen-bond donors (Lipinski definition) is 2. The van der Waals surface area contributed by atoms with Crippen LogP contribution in [0.2, 0.25) is 0 Å². The lowest BCUT2D eigenvalue weighted by molar-refractivity contribution is 0.745. The molecular weight excluding hydrogens is 316 g/mol. The van der Waals surface area contributed by atoms with Gasteiger partial charge in [-0.1, -0.05) is 31.0 Å². The van der Waals surface area contributed by atoms with Crippen molar-refractivity contribution in [3.8, 4) is 5.69 Å². The number of hydrazone groups is 1. The summed E-state index contributed by atoms with van der Waals surface area (Å²) in [7, 11) is 0. The normalized spacial score (nSPS) is 11.0. The van der Waals surface area contributed by atoms with Crippen molar-refractivity contribution < 1.29 is 0 Å². The van der Waals surface area contributed by atoms with Crippen LogP contribution in [-0.4, -0.2) is 22.4 Å². The summed E-state index contributed by atoms with van der Waals surface area (Å²) in [6.45, 7) is 9.33. The van der Waals surface area contributed by atoms with Crippen LogP contribution in [0.4, 0.5) is 0 Å². The average molecular weight is 343 g/mol. The van der Waals surface area contributed by atoms with Crippen molar-refractivity contribution in [1.82, 2.24) is 15.3 Å². The first kappa shape index (κ1) is 18.2. The fraction of sp³-hybridized carbons (Fsp3) is 0.368. The number of thiocarbonyl (C=S) groups is 1. The molecule has 0 unspecified atom stereocenters. The van der Waals surface area contributed by atoms with Crippen molar-refractivity contribution in [2.75, 3.05) is 6.54 Å². The monoisotopic (exact) mass is 342 g/mol. The van der Waals surface area contributed by atoms with Gasteiger partial charge in [0.1, 0.15) is 0 Å². The minimum atomic E-state index is 0.562. The molecule has 5 heteroatoms. The molecule has 2 rings (SSSR count). The molecule has 0 spiro atoms. The number of rotatable bonds is 6. The molecule has 0 aliphatic carbocycles. The lowest BCUT2D eigenvalue weighted by Gasteiger charge is -2.10. The number of nitrogens with zero attached hydrogens (tertiary/aromatic N) is 2. The molecule has 1 heterocycles. The van der Waals surface area contributed by atoms with E-state index in [-0.39, 0.29) is 0 Å². The molecule has 1 aromatic heterocycles. The number of hydrogen-bond acceptors (Lipinski definition) is 2. The topological polar surface area (TPSA) is 41.4 Å². The van der Waals surface area contributed by atoms with E-state index in [4.69, 9.17) is 12.2 Å². The second-order valence-corrected chi connectivity index (χ2v) is 6.39. The molecule has 2 aromatic rings. The largest absolute Gasteiger partial charge is 0.361 e. The van der Waals surface area contributed by atoms with Gasteiger partial charge in [0.05, 0.1) is 6.21 Å². The third-order valence-corrected chi connectivity index (χ3v) is 4.18. The lowest BCUT2D eigenvalue weighted by Crippen LogP contribution is -2.32. The van der Waals surface area contributed by atoms with Crippen molar-refractivity contribution in [3.63, 3.8) is 0 Å². The maximum absolute atomic E-state index is 5.19. The zero-order valence-electron chi connectivity index (χ0n) is 14.9. The third-order valence-electron chi connectivity index (χ3n) is 3.95. The molecule has 0 aliphatic heterocycles. The highest BCUT2D eigenvalue weighted by molar-refractivity contribution is 7.80. The van der Waals surface area contributed by atoms with Crippen LogP contribution < -0.4 is 10.7 Å². The van der Waals surface area contributed by atoms with Gasteiger partial charge in [0, 0.05) is 29.2 Å². The lowest BCUT2D eigenvalue weighted by atomic mass is 10.2. The van der Waals surface area contributed by atoms with Gasteiger partial charge in [-0.05, 0) is 57.6 Å². The molecule has 2 N–H and O–H groups in total. The summed E-state index contributed by atoms with van der Waals surface area (Å²) in [5.41, 5.74) is 8.72. The standard InChI is InChI=1S/C19H26N4S/c1-5-6-11-20-19(24)22-21-13-17-12-15(3)23(16(17)4)18-9-7-14(2)8-10-18/h7-10,12-13H,5-6,11H2,1-4H3,(H2,20,22,24)/b21-13-. The first-order valence-corrected chi connectivity index (χ1v) is 8.76. The molecule has 0 bridgehead atoms. The summed E-state index contributed by atoms with van der Waals surface area (Å²) in [6, 6.07) is 10.7. The Morgan fingerprint density at radius 3 is 2.58 bits per heavy atom. The van der Waals surface area contributed by atoms with Gasteiger partial charge in [-0.2, -0.15) is 5.10 Å². The summed E-state index contributed by atoms with van der Waals surface area (Å²) in [5.74, 6) is 0. The minimum absolute atomic E-state index is 0.562. The van der Waals surface area contributed by atoms with E-state index >= 15 is 0 Å². The van der Waals surface area contributed by atoms with Gasteiger partial charge in [0.2, 0.25) is 0 Å². The number of benzene rings is 1. The van der Waals surface area contributed by atoms with Crippen molar-refractivity contribution in [2.45, 2.75) is 40.5 Å². The Bertz CT molecular complexity index is 714. The van der Waals surface area contributed by atoms with Crippen LogP contribution in [0.1, 0.15) is 42.3 Å². The molecule has 0 amide bonds. The van der Waals surface area contributed by atoms with Gasteiger partial charge in [0.15, 0.2) is 5.11 Å². The third kappa shape index (κ3) is 4.68. The average Bonchev–Trinajstić information content (AvgIpc) is 2.83. The van der Waals surface area contributed by atoms with Crippen LogP contribution in [0.5, 0.6) is 0 Å². The molecule has 0 saturated carbocycles. The van der Waals surface area contributed by atoms with Crippen LogP contribution >= 0.6 is 12.2 Å². The van der Waals surface area contributed by atoms with Gasteiger partial charge < -0.3 is 9.88 Å². The van der Waals surface area contributed by atoms with Crippen molar-refractivity contribution >= 4 is 23.5 Å². The quantitative estimate of drug-likeness (QED) is 0.361. The Balaban J connectivity index is 2.07. The minimum Gasteiger partial charge on any atom is -0.361 e. The van der Waals surface area contributed by atoms with E-state index in [0.29, 0.717) is 5.11 Å². The van der Waals surface area contributed by atoms with Crippen molar-refractivity contribution in [1.29, 1.82) is 0 Å². The predicted octanol–water partition coefficient (Wildman–Crippen LogP) is 4.00. The summed E-state index contributed by atoms with van der Waals surface area (Å²) >= 11 is 5.19. The van der Waals surface area contributed by atoms with Gasteiger partial charge in [-0.15, -0.1) is 0 Å². The number of aryl methyl sites for hydroxylation is 2. The molecule has 0 aliphatic rings. The fourth-order valence-corrected chi connectivity index (χ4v) is 2.74. The predicted molar refractivity (Wildman–Crippen MR) is 106 cm³/mol. The Labute approximate surface area is 150 Å². The Morgan fingerprint density at radius 2 is 1.92 bits per heavy atom. The Morgan fingerprint density at radius 1 is 1.21 bits per heavy atom. The molecule has 0 fully saturated rings. The van der Waals surface area contributed by atoms with E-state index in [1.54, 1.807) is 0 Å². The van der Waals surface area contributed by atoms with Crippen molar-refractivity contribution in [3.05, 3.63) is 52.8 Å². The van der Waals surface area contributed by atoms with Gasteiger partial charge >= 0.3 is 0 Å². The number of nitrogens with one attached hydrogen (secondary N) is 2. The second kappa shape index (κ2) is 8.64. The summed E-state index contributed by atoms with van der Waals surface area (Å²) < 4.78 is 2.23. The highest BCUT2D eigenvalue weighted by Crippen LogP contribution is 2.20. The van der Waals surface area contributed by atoms with E-state index in [0.717, 1.165) is 30.6 Å². The molecule has 0 saturated heterocycles. The first-order chi connectivity index (χ1) is 11.5. The Kier molecular flexibility index (Phi) is 6.55. The first-order valence-electron chi connectivity index (χ1n) is 8.35. The van der Waals surface area contributed by atoms with Gasteiger partial charge in [-0.25, -0.2) is 0 Å². The molecule has 1 aromatic carbocycles. The molecule has 4 nitrogen and oxygen atoms in total. The van der Waals surface area contributed by atoms with E-state index in [2.05, 4.69) is 78.4 Å². The smallest absolute Gasteiger partial charge is 0.186 e. The zero-order chi connectivity index (χ0) is 17.5. The highest BCUT2D eigenvalue weighted by atomic mass is 32.1. The maximum Gasteiger partial charge on any atom is 0.186 e. The molecule has 0 radical (unpaired) electrons. The molecule has 24 heavy (non-hydrogen) atoms. The SMILES string of the molecule is CCCCNC(=S)N/N=C\c1cc(C)n(-c2ccc(C)cc2)c1C. The molecule has 0 atom stereocenters. The number of unbranched alkanes of at least 4 members (excludes halogenated alkanes) is 1. The van der Waals surface area contributed by atoms with E-state index in [1.807, 2.05) is 6.21 Å². The van der Waals surface area contributed by atoms with E-state index in [9.17, 15) is 0 Å². The van der Waals surface area contributed by atoms with Crippen LogP contribution in [0, 0.1) is 20.8 Å². The fourth-order valence-electron chi connectivity index (χ4n) is 2.59. The Hall–Kier alpha value is -2.14. The number of aromatic nitrogens is 1. The molecule has 128 valence electrons. The maximum atomic E-state index is 5.19. The van der Waals surface area contributed by atoms with Crippen LogP contribution in [0.25, 0.3) is 5.69 Å². The van der Waals surface area contributed by atoms with Crippen LogP contribution in [0.3, 0.4) is 0 Å². The summed E-state index contributed by atoms with van der Waals surface area (Å²) in [5, 5.41) is 7.95. The van der Waals surface area contributed by atoms with Crippen LogP contribution in [0.15, 0.2) is 35.4 Å². The summed E-state index contributed by atoms with van der Waals surface area (Å²) in [4.78, 5) is 0. The van der Waals surface area contributed by atoms with E-state index < -0.39 is 0 Å². The zero-order valence-corrected chi connectivity index (χ0v) is 15.7. The van der Waals surface area contributed by atoms with Crippen molar-refractivity contribution in [2.24, 2.45) is 5.10 Å². The van der Waals surface area contributed by atoms with E-state index in [1.165, 1.54) is 16.9 Å².